The molecule has 1 rings (SSSR count). The van der Waals surface area contributed by atoms with Crippen molar-refractivity contribution in [3.8, 4) is 0 Å². The molecule has 0 fully saturated rings. The van der Waals surface area contributed by atoms with E-state index in [0.717, 1.165) is 0 Å². The van der Waals surface area contributed by atoms with E-state index in [0.29, 0.717) is 16.7 Å². The fraction of sp³-hybridized carbons (Fsp3) is 0.455. The molecule has 8 heteroatoms. The van der Waals surface area contributed by atoms with E-state index < -0.39 is 22.7 Å². The molecular weight excluding hydrogens is 281 g/mol. The Morgan fingerprint density at radius 3 is 2.32 bits per heavy atom. The number of aryl methyl sites for hydroxylation is 1. The van der Waals surface area contributed by atoms with Gasteiger partial charge in [0, 0.05) is 6.54 Å². The second-order valence-corrected chi connectivity index (χ2v) is 5.92. The Balaban J connectivity index is 3.17. The van der Waals surface area contributed by atoms with Gasteiger partial charge in [-0.25, -0.2) is 13.1 Å². The van der Waals surface area contributed by atoms with E-state index in [9.17, 15) is 21.6 Å². The highest BCUT2D eigenvalue weighted by molar-refractivity contribution is 7.89. The monoisotopic (exact) mass is 296 g/mol. The number of halogens is 3. The molecule has 0 aliphatic rings. The lowest BCUT2D eigenvalue weighted by atomic mass is 10.1. The van der Waals surface area contributed by atoms with Crippen molar-refractivity contribution in [2.45, 2.75) is 31.5 Å². The second-order valence-electron chi connectivity index (χ2n) is 4.18. The van der Waals surface area contributed by atoms with Crippen LogP contribution >= 0.6 is 0 Å². The smallest absolute Gasteiger partial charge is 0.326 e. The third-order valence-corrected chi connectivity index (χ3v) is 4.19. The van der Waals surface area contributed by atoms with Gasteiger partial charge in [-0.2, -0.15) is 13.2 Å². The van der Waals surface area contributed by atoms with Crippen LogP contribution in [0, 0.1) is 13.8 Å². The van der Waals surface area contributed by atoms with Gasteiger partial charge in [-0.3, -0.25) is 0 Å². The number of nitrogens with two attached hydrogens (primary N) is 1. The van der Waals surface area contributed by atoms with Crippen LogP contribution in [0.1, 0.15) is 16.7 Å². The number of sulfonamides is 1. The second kappa shape index (κ2) is 5.48. The fourth-order valence-electron chi connectivity index (χ4n) is 1.55. The molecule has 4 nitrogen and oxygen atoms in total. The molecule has 0 saturated carbocycles. The summed E-state index contributed by atoms with van der Waals surface area (Å²) in [6.07, 6.45) is -4.60. The van der Waals surface area contributed by atoms with Crippen LogP contribution in [0.3, 0.4) is 0 Å². The van der Waals surface area contributed by atoms with Gasteiger partial charge in [0.25, 0.3) is 0 Å². The Labute approximate surface area is 109 Å². The van der Waals surface area contributed by atoms with Crippen LogP contribution in [0.5, 0.6) is 0 Å². The lowest BCUT2D eigenvalue weighted by Gasteiger charge is -2.14. The lowest BCUT2D eigenvalue weighted by Crippen LogP contribution is -2.34. The van der Waals surface area contributed by atoms with Crippen molar-refractivity contribution in [2.75, 3.05) is 6.54 Å². The first-order valence-corrected chi connectivity index (χ1v) is 6.92. The largest absolute Gasteiger partial charge is 0.402 e. The summed E-state index contributed by atoms with van der Waals surface area (Å²) in [5.74, 6) is 0. The van der Waals surface area contributed by atoms with Crippen molar-refractivity contribution in [1.82, 2.24) is 4.72 Å². The van der Waals surface area contributed by atoms with Gasteiger partial charge in [0.2, 0.25) is 10.0 Å². The highest BCUT2D eigenvalue weighted by Gasteiger charge is 2.30. The minimum absolute atomic E-state index is 0.114. The first kappa shape index (κ1) is 15.9. The van der Waals surface area contributed by atoms with E-state index in [-0.39, 0.29) is 11.4 Å². The Morgan fingerprint density at radius 1 is 1.26 bits per heavy atom. The maximum atomic E-state index is 12.1. The Morgan fingerprint density at radius 2 is 1.84 bits per heavy atom. The maximum absolute atomic E-state index is 12.1. The predicted molar refractivity (Wildman–Crippen MR) is 65.1 cm³/mol. The normalized spacial score (nSPS) is 12.7. The predicted octanol–water partition coefficient (Wildman–Crippen LogP) is 1.60. The molecule has 0 amide bonds. The van der Waals surface area contributed by atoms with Gasteiger partial charge in [-0.15, -0.1) is 0 Å². The molecule has 0 radical (unpaired) electrons. The number of hydrogen-bond donors (Lipinski definition) is 2. The summed E-state index contributed by atoms with van der Waals surface area (Å²) >= 11 is 0. The van der Waals surface area contributed by atoms with Crippen LogP contribution in [0.2, 0.25) is 0 Å². The molecule has 0 unspecified atom stereocenters. The number of hydrogen-bond acceptors (Lipinski definition) is 3. The van der Waals surface area contributed by atoms with Crippen molar-refractivity contribution in [3.63, 3.8) is 0 Å². The SMILES string of the molecule is Cc1cc(CN)cc(S(=O)(=O)NCC(F)(F)F)c1C. The van der Waals surface area contributed by atoms with Crippen LogP contribution in [-0.2, 0) is 16.6 Å². The summed E-state index contributed by atoms with van der Waals surface area (Å²) in [7, 11) is -4.20. The van der Waals surface area contributed by atoms with Crippen molar-refractivity contribution in [2.24, 2.45) is 5.73 Å². The van der Waals surface area contributed by atoms with Gasteiger partial charge < -0.3 is 5.73 Å². The third-order valence-electron chi connectivity index (χ3n) is 2.67. The molecule has 0 aliphatic heterocycles. The molecule has 1 aromatic carbocycles. The van der Waals surface area contributed by atoms with Crippen molar-refractivity contribution < 1.29 is 21.6 Å². The Bertz CT molecular complexity index is 568. The van der Waals surface area contributed by atoms with Crippen molar-refractivity contribution in [3.05, 3.63) is 28.8 Å². The molecule has 108 valence electrons. The van der Waals surface area contributed by atoms with Crippen LogP contribution in [-0.4, -0.2) is 21.1 Å². The Kier molecular flexibility index (Phi) is 4.59. The molecule has 0 aliphatic carbocycles. The highest BCUT2D eigenvalue weighted by atomic mass is 32.2. The quantitative estimate of drug-likeness (QED) is 0.886. The molecule has 19 heavy (non-hydrogen) atoms. The topological polar surface area (TPSA) is 72.2 Å². The van der Waals surface area contributed by atoms with Crippen LogP contribution in [0.25, 0.3) is 0 Å². The first-order valence-electron chi connectivity index (χ1n) is 5.43. The molecule has 0 heterocycles. The minimum Gasteiger partial charge on any atom is -0.326 e. The van der Waals surface area contributed by atoms with Crippen LogP contribution in [0.4, 0.5) is 13.2 Å². The fourth-order valence-corrected chi connectivity index (χ4v) is 2.93. The van der Waals surface area contributed by atoms with Gasteiger partial charge >= 0.3 is 6.18 Å². The van der Waals surface area contributed by atoms with Gasteiger partial charge in [-0.05, 0) is 36.6 Å². The standard InChI is InChI=1S/C11H15F3N2O2S/c1-7-3-9(5-15)4-10(8(7)2)19(17,18)16-6-11(12,13)14/h3-4,16H,5-6,15H2,1-2H3. The van der Waals surface area contributed by atoms with Gasteiger partial charge in [0.1, 0.15) is 6.54 Å². The molecular formula is C11H15F3N2O2S. The minimum atomic E-state index is -4.60. The van der Waals surface area contributed by atoms with E-state index in [1.165, 1.54) is 13.0 Å². The number of rotatable bonds is 4. The van der Waals surface area contributed by atoms with Crippen molar-refractivity contribution in [1.29, 1.82) is 0 Å². The molecule has 3 N–H and O–H groups in total. The number of nitrogens with one attached hydrogen (secondary N) is 1. The van der Waals surface area contributed by atoms with E-state index in [4.69, 9.17) is 5.73 Å². The van der Waals surface area contributed by atoms with Crippen LogP contribution < -0.4 is 10.5 Å². The lowest BCUT2D eigenvalue weighted by molar-refractivity contribution is -0.121. The zero-order valence-electron chi connectivity index (χ0n) is 10.5. The molecule has 0 spiro atoms. The summed E-state index contributed by atoms with van der Waals surface area (Å²) in [5.41, 5.74) is 7.05. The first-order chi connectivity index (χ1) is 8.57. The zero-order valence-corrected chi connectivity index (χ0v) is 11.3. The molecule has 0 saturated heterocycles. The van der Waals surface area contributed by atoms with E-state index in [1.807, 2.05) is 0 Å². The van der Waals surface area contributed by atoms with Crippen molar-refractivity contribution >= 4 is 10.0 Å². The van der Waals surface area contributed by atoms with E-state index >= 15 is 0 Å². The summed E-state index contributed by atoms with van der Waals surface area (Å²) < 4.78 is 61.5. The summed E-state index contributed by atoms with van der Waals surface area (Å²) in [4.78, 5) is -0.169. The van der Waals surface area contributed by atoms with Gasteiger partial charge in [-0.1, -0.05) is 6.07 Å². The molecule has 0 aromatic heterocycles. The molecule has 0 atom stereocenters. The van der Waals surface area contributed by atoms with E-state index in [2.05, 4.69) is 0 Å². The third kappa shape index (κ3) is 4.19. The van der Waals surface area contributed by atoms with Gasteiger partial charge in [0.05, 0.1) is 4.90 Å². The summed E-state index contributed by atoms with van der Waals surface area (Å²) in [5, 5.41) is 0. The average Bonchev–Trinajstić information content (AvgIpc) is 2.29. The maximum Gasteiger partial charge on any atom is 0.402 e. The van der Waals surface area contributed by atoms with Gasteiger partial charge in [0.15, 0.2) is 0 Å². The Hall–Kier alpha value is -1.12. The van der Waals surface area contributed by atoms with Crippen LogP contribution in [0.15, 0.2) is 17.0 Å². The van der Waals surface area contributed by atoms with E-state index in [1.54, 1.807) is 17.7 Å². The summed E-state index contributed by atoms with van der Waals surface area (Å²) in [6, 6.07) is 3.00. The zero-order chi connectivity index (χ0) is 14.8. The molecule has 1 aromatic rings. The highest BCUT2D eigenvalue weighted by Crippen LogP contribution is 2.22. The number of benzene rings is 1. The number of alkyl halides is 3. The average molecular weight is 296 g/mol. The summed E-state index contributed by atoms with van der Waals surface area (Å²) in [6.45, 7) is 1.73. The molecule has 0 bridgehead atoms.